The van der Waals surface area contributed by atoms with Crippen LogP contribution in [0.2, 0.25) is 0 Å². The van der Waals surface area contributed by atoms with E-state index in [2.05, 4.69) is 15.8 Å². The van der Waals surface area contributed by atoms with Crippen LogP contribution >= 0.6 is 12.2 Å². The molecule has 0 radical (unpaired) electrons. The molecular formula is C22H27N3O3S. The number of rotatable bonds is 9. The highest BCUT2D eigenvalue weighted by Gasteiger charge is 2.15. The lowest BCUT2D eigenvalue weighted by atomic mass is 10.2. The summed E-state index contributed by atoms with van der Waals surface area (Å²) in [5, 5.41) is 7.79. The average Bonchev–Trinajstić information content (AvgIpc) is 3.26. The molecule has 0 amide bonds. The Balaban J connectivity index is 1.52. The Morgan fingerprint density at radius 2 is 2.07 bits per heavy atom. The van der Waals surface area contributed by atoms with Crippen molar-refractivity contribution in [2.75, 3.05) is 19.8 Å². The molecule has 3 rings (SSSR count). The van der Waals surface area contributed by atoms with Gasteiger partial charge in [-0.1, -0.05) is 30.3 Å². The second-order valence-corrected chi connectivity index (χ2v) is 7.04. The molecule has 0 unspecified atom stereocenters. The van der Waals surface area contributed by atoms with Gasteiger partial charge in [-0.25, -0.2) is 0 Å². The molecule has 29 heavy (non-hydrogen) atoms. The molecule has 1 aliphatic rings. The van der Waals surface area contributed by atoms with Gasteiger partial charge in [0.05, 0.1) is 18.9 Å². The average molecular weight is 414 g/mol. The van der Waals surface area contributed by atoms with Crippen molar-refractivity contribution in [1.82, 2.24) is 10.7 Å². The lowest BCUT2D eigenvalue weighted by molar-refractivity contribution is 0.114. The molecule has 2 aromatic carbocycles. The van der Waals surface area contributed by atoms with E-state index in [0.29, 0.717) is 36.4 Å². The first kappa shape index (κ1) is 21.1. The Kier molecular flexibility index (Phi) is 8.27. The zero-order valence-corrected chi connectivity index (χ0v) is 17.4. The molecule has 1 fully saturated rings. The fraction of sp³-hybridized carbons (Fsp3) is 0.364. The highest BCUT2D eigenvalue weighted by molar-refractivity contribution is 7.80. The molecule has 6 nitrogen and oxygen atoms in total. The highest BCUT2D eigenvalue weighted by Crippen LogP contribution is 2.28. The fourth-order valence-corrected chi connectivity index (χ4v) is 3.08. The summed E-state index contributed by atoms with van der Waals surface area (Å²) in [6.07, 6.45) is 4.11. The third-order valence-corrected chi connectivity index (χ3v) is 4.63. The van der Waals surface area contributed by atoms with E-state index < -0.39 is 0 Å². The lowest BCUT2D eigenvalue weighted by Crippen LogP contribution is -2.37. The van der Waals surface area contributed by atoms with Crippen LogP contribution in [0.25, 0.3) is 0 Å². The number of hydrogen-bond donors (Lipinski definition) is 2. The Hall–Kier alpha value is -2.64. The summed E-state index contributed by atoms with van der Waals surface area (Å²) in [7, 11) is 0. The van der Waals surface area contributed by atoms with Crippen LogP contribution in [0.3, 0.4) is 0 Å². The van der Waals surface area contributed by atoms with Gasteiger partial charge in [0.1, 0.15) is 6.61 Å². The first-order chi connectivity index (χ1) is 14.2. The maximum absolute atomic E-state index is 5.93. The zero-order chi connectivity index (χ0) is 20.3. The molecule has 0 aliphatic carbocycles. The number of ether oxygens (including phenoxy) is 3. The van der Waals surface area contributed by atoms with E-state index in [1.165, 1.54) is 0 Å². The lowest BCUT2D eigenvalue weighted by Gasteiger charge is -2.13. The Morgan fingerprint density at radius 1 is 1.21 bits per heavy atom. The summed E-state index contributed by atoms with van der Waals surface area (Å²) in [6, 6.07) is 15.8. The second kappa shape index (κ2) is 11.4. The number of hydrazone groups is 1. The smallest absolute Gasteiger partial charge is 0.187 e. The van der Waals surface area contributed by atoms with Gasteiger partial charge in [-0.05, 0) is 61.3 Å². The summed E-state index contributed by atoms with van der Waals surface area (Å²) < 4.78 is 17.2. The Morgan fingerprint density at radius 3 is 2.83 bits per heavy atom. The van der Waals surface area contributed by atoms with Crippen LogP contribution in [0.4, 0.5) is 0 Å². The first-order valence-electron chi connectivity index (χ1n) is 9.86. The predicted molar refractivity (Wildman–Crippen MR) is 119 cm³/mol. The molecule has 2 N–H and O–H groups in total. The molecule has 1 heterocycles. The van der Waals surface area contributed by atoms with E-state index in [9.17, 15) is 0 Å². The van der Waals surface area contributed by atoms with E-state index in [-0.39, 0.29) is 6.10 Å². The third-order valence-electron chi connectivity index (χ3n) is 4.40. The number of nitrogens with one attached hydrogen (secondary N) is 2. The minimum atomic E-state index is 0.232. The summed E-state index contributed by atoms with van der Waals surface area (Å²) in [5.41, 5.74) is 4.82. The van der Waals surface area contributed by atoms with Crippen molar-refractivity contribution in [2.45, 2.75) is 32.5 Å². The largest absolute Gasteiger partial charge is 0.490 e. The van der Waals surface area contributed by atoms with Crippen molar-refractivity contribution in [3.8, 4) is 11.5 Å². The van der Waals surface area contributed by atoms with Crippen LogP contribution in [0.1, 0.15) is 30.9 Å². The Bertz CT molecular complexity index is 808. The molecule has 1 saturated heterocycles. The third kappa shape index (κ3) is 7.03. The quantitative estimate of drug-likeness (QED) is 0.372. The molecule has 7 heteroatoms. The van der Waals surface area contributed by atoms with Gasteiger partial charge in [0.15, 0.2) is 16.6 Å². The van der Waals surface area contributed by atoms with Crippen molar-refractivity contribution in [3.63, 3.8) is 0 Å². The van der Waals surface area contributed by atoms with E-state index in [1.807, 2.05) is 55.5 Å². The van der Waals surface area contributed by atoms with Gasteiger partial charge in [-0.2, -0.15) is 5.10 Å². The van der Waals surface area contributed by atoms with E-state index in [0.717, 1.165) is 30.6 Å². The van der Waals surface area contributed by atoms with E-state index in [4.69, 9.17) is 26.4 Å². The van der Waals surface area contributed by atoms with Crippen molar-refractivity contribution < 1.29 is 14.2 Å². The van der Waals surface area contributed by atoms with Gasteiger partial charge >= 0.3 is 0 Å². The molecular weight excluding hydrogens is 386 g/mol. The van der Waals surface area contributed by atoms with Gasteiger partial charge in [-0.15, -0.1) is 0 Å². The first-order valence-corrected chi connectivity index (χ1v) is 10.3. The normalized spacial score (nSPS) is 16.0. The van der Waals surface area contributed by atoms with Crippen LogP contribution in [-0.4, -0.2) is 37.2 Å². The van der Waals surface area contributed by atoms with Crippen molar-refractivity contribution in [2.24, 2.45) is 5.10 Å². The molecule has 1 atom stereocenters. The van der Waals surface area contributed by atoms with Crippen LogP contribution in [-0.2, 0) is 11.3 Å². The maximum atomic E-state index is 5.93. The van der Waals surface area contributed by atoms with Gasteiger partial charge in [0.2, 0.25) is 0 Å². The van der Waals surface area contributed by atoms with Crippen molar-refractivity contribution in [1.29, 1.82) is 0 Å². The number of thiocarbonyl (C=S) groups is 1. The minimum absolute atomic E-state index is 0.232. The number of benzene rings is 2. The molecule has 0 spiro atoms. The second-order valence-electron chi connectivity index (χ2n) is 6.63. The van der Waals surface area contributed by atoms with Crippen LogP contribution in [0, 0.1) is 0 Å². The van der Waals surface area contributed by atoms with Gasteiger partial charge in [0.25, 0.3) is 0 Å². The molecule has 154 valence electrons. The SMILES string of the molecule is CCOc1cc(/C=N\NC(=S)NC[C@@H]2CCCO2)ccc1OCc1ccccc1. The van der Waals surface area contributed by atoms with Gasteiger partial charge < -0.3 is 19.5 Å². The fourth-order valence-electron chi connectivity index (χ4n) is 2.94. The molecule has 0 saturated carbocycles. The standard InChI is InChI=1S/C22H27N3O3S/c1-2-26-21-13-18(10-11-20(21)28-16-17-7-4-3-5-8-17)14-24-25-22(29)23-15-19-9-6-12-27-19/h3-5,7-8,10-11,13-14,19H,2,6,9,12,15-16H2,1H3,(H2,23,25,29)/b24-14-/t19-/m0/s1. The molecule has 2 aromatic rings. The zero-order valence-electron chi connectivity index (χ0n) is 16.6. The van der Waals surface area contributed by atoms with Crippen molar-refractivity contribution >= 4 is 23.5 Å². The van der Waals surface area contributed by atoms with Crippen LogP contribution in [0.5, 0.6) is 11.5 Å². The topological polar surface area (TPSA) is 64.1 Å². The van der Waals surface area contributed by atoms with Crippen LogP contribution < -0.4 is 20.2 Å². The highest BCUT2D eigenvalue weighted by atomic mass is 32.1. The summed E-state index contributed by atoms with van der Waals surface area (Å²) in [5.74, 6) is 1.39. The minimum Gasteiger partial charge on any atom is -0.490 e. The summed E-state index contributed by atoms with van der Waals surface area (Å²) in [4.78, 5) is 0. The molecule has 0 bridgehead atoms. The summed E-state index contributed by atoms with van der Waals surface area (Å²) in [6.45, 7) is 4.51. The molecule has 0 aromatic heterocycles. The maximum Gasteiger partial charge on any atom is 0.187 e. The summed E-state index contributed by atoms with van der Waals surface area (Å²) >= 11 is 5.24. The molecule has 1 aliphatic heterocycles. The van der Waals surface area contributed by atoms with E-state index >= 15 is 0 Å². The van der Waals surface area contributed by atoms with Crippen molar-refractivity contribution in [3.05, 3.63) is 59.7 Å². The van der Waals surface area contributed by atoms with Gasteiger partial charge in [0, 0.05) is 13.2 Å². The van der Waals surface area contributed by atoms with Crippen LogP contribution in [0.15, 0.2) is 53.6 Å². The number of nitrogens with zero attached hydrogens (tertiary/aromatic N) is 1. The Labute approximate surface area is 177 Å². The van der Waals surface area contributed by atoms with E-state index in [1.54, 1.807) is 6.21 Å². The predicted octanol–water partition coefficient (Wildman–Crippen LogP) is 3.64. The number of hydrogen-bond acceptors (Lipinski definition) is 5. The van der Waals surface area contributed by atoms with Gasteiger partial charge in [-0.3, -0.25) is 5.43 Å². The monoisotopic (exact) mass is 413 g/mol.